The van der Waals surface area contributed by atoms with Crippen molar-refractivity contribution >= 4 is 11.6 Å². The Kier molecular flexibility index (Phi) is 6.58. The number of carbonyl (C=O) groups is 1. The van der Waals surface area contributed by atoms with Crippen molar-refractivity contribution in [1.29, 1.82) is 0 Å². The van der Waals surface area contributed by atoms with Gasteiger partial charge in [0.2, 0.25) is 5.91 Å². The first-order valence-corrected chi connectivity index (χ1v) is 9.58. The molecule has 0 atom stereocenters. The van der Waals surface area contributed by atoms with Gasteiger partial charge in [0, 0.05) is 32.6 Å². The van der Waals surface area contributed by atoms with Gasteiger partial charge >= 0.3 is 0 Å². The van der Waals surface area contributed by atoms with Gasteiger partial charge in [-0.3, -0.25) is 4.79 Å². The van der Waals surface area contributed by atoms with Gasteiger partial charge in [0.1, 0.15) is 11.5 Å². The van der Waals surface area contributed by atoms with E-state index in [2.05, 4.69) is 11.0 Å². The van der Waals surface area contributed by atoms with Crippen LogP contribution in [-0.4, -0.2) is 50.7 Å². The molecule has 1 aliphatic heterocycles. The Morgan fingerprint density at radius 2 is 1.70 bits per heavy atom. The summed E-state index contributed by atoms with van der Waals surface area (Å²) in [6.45, 7) is 5.80. The molecule has 5 nitrogen and oxygen atoms in total. The van der Waals surface area contributed by atoms with Gasteiger partial charge < -0.3 is 19.3 Å². The van der Waals surface area contributed by atoms with Crippen molar-refractivity contribution in [2.75, 3.05) is 44.8 Å². The van der Waals surface area contributed by atoms with Crippen molar-refractivity contribution in [3.63, 3.8) is 0 Å². The number of benzene rings is 2. The average Bonchev–Trinajstić information content (AvgIpc) is 2.73. The highest BCUT2D eigenvalue weighted by atomic mass is 16.5. The zero-order valence-corrected chi connectivity index (χ0v) is 16.2. The van der Waals surface area contributed by atoms with E-state index in [1.165, 1.54) is 5.56 Å². The lowest BCUT2D eigenvalue weighted by molar-refractivity contribution is -0.131. The number of aryl methyl sites for hydroxylation is 1. The van der Waals surface area contributed by atoms with E-state index < -0.39 is 0 Å². The van der Waals surface area contributed by atoms with Crippen molar-refractivity contribution in [2.45, 2.75) is 19.8 Å². The molecule has 0 spiro atoms. The lowest BCUT2D eigenvalue weighted by atomic mass is 10.1. The number of para-hydroxylation sites is 2. The molecule has 1 amide bonds. The van der Waals surface area contributed by atoms with Gasteiger partial charge in [-0.15, -0.1) is 0 Å². The summed E-state index contributed by atoms with van der Waals surface area (Å²) in [6.07, 6.45) is 1.31. The molecule has 3 rings (SSSR count). The molecule has 1 heterocycles. The van der Waals surface area contributed by atoms with Gasteiger partial charge in [0.25, 0.3) is 0 Å². The number of anilines is 1. The third-order valence-electron chi connectivity index (χ3n) is 4.92. The van der Waals surface area contributed by atoms with E-state index in [1.54, 1.807) is 7.11 Å². The number of ether oxygens (including phenoxy) is 2. The number of carbonyl (C=O) groups excluding carboxylic acids is 1. The number of methoxy groups -OCH3 is 1. The third-order valence-corrected chi connectivity index (χ3v) is 4.92. The molecule has 0 saturated carbocycles. The predicted molar refractivity (Wildman–Crippen MR) is 108 cm³/mol. The molecular weight excluding hydrogens is 340 g/mol. The Labute approximate surface area is 161 Å². The van der Waals surface area contributed by atoms with E-state index in [4.69, 9.17) is 9.47 Å². The van der Waals surface area contributed by atoms with Gasteiger partial charge in [0.15, 0.2) is 0 Å². The largest absolute Gasteiger partial charge is 0.495 e. The van der Waals surface area contributed by atoms with Crippen LogP contribution in [0.2, 0.25) is 0 Å². The summed E-state index contributed by atoms with van der Waals surface area (Å²) < 4.78 is 10.9. The molecule has 27 heavy (non-hydrogen) atoms. The normalized spacial score (nSPS) is 14.1. The number of nitrogens with zero attached hydrogens (tertiary/aromatic N) is 2. The Hall–Kier alpha value is -2.69. The van der Waals surface area contributed by atoms with Gasteiger partial charge in [-0.1, -0.05) is 24.3 Å². The van der Waals surface area contributed by atoms with Crippen LogP contribution in [0.15, 0.2) is 48.5 Å². The van der Waals surface area contributed by atoms with Crippen LogP contribution in [0.25, 0.3) is 0 Å². The van der Waals surface area contributed by atoms with Crippen LogP contribution < -0.4 is 14.4 Å². The maximum absolute atomic E-state index is 12.6. The van der Waals surface area contributed by atoms with Gasteiger partial charge in [-0.25, -0.2) is 0 Å². The summed E-state index contributed by atoms with van der Waals surface area (Å²) in [6, 6.07) is 16.1. The average molecular weight is 368 g/mol. The second kappa shape index (κ2) is 9.31. The number of hydrogen-bond acceptors (Lipinski definition) is 4. The zero-order chi connectivity index (χ0) is 19.1. The summed E-state index contributed by atoms with van der Waals surface area (Å²) >= 11 is 0. The molecular formula is C22H28N2O3. The van der Waals surface area contributed by atoms with Crippen molar-refractivity contribution in [3.05, 3.63) is 54.1 Å². The molecule has 0 unspecified atom stereocenters. The summed E-state index contributed by atoms with van der Waals surface area (Å²) in [7, 11) is 1.69. The molecule has 0 bridgehead atoms. The molecule has 1 aliphatic rings. The van der Waals surface area contributed by atoms with E-state index in [-0.39, 0.29) is 5.91 Å². The first-order chi connectivity index (χ1) is 13.2. The standard InChI is InChI=1S/C22H28N2O3/c1-3-27-19-11-8-18(9-12-19)10-13-22(25)24-16-14-23(15-17-24)20-6-4-5-7-21(20)26-2/h4-9,11-12H,3,10,13-17H2,1-2H3. The van der Waals surface area contributed by atoms with E-state index in [0.717, 1.165) is 49.8 Å². The summed E-state index contributed by atoms with van der Waals surface area (Å²) in [5, 5.41) is 0. The maximum Gasteiger partial charge on any atom is 0.223 e. The molecule has 5 heteroatoms. The van der Waals surface area contributed by atoms with Gasteiger partial charge in [-0.05, 0) is 43.2 Å². The van der Waals surface area contributed by atoms with Crippen LogP contribution in [0, 0.1) is 0 Å². The first kappa shape index (κ1) is 19.1. The minimum atomic E-state index is 0.226. The Balaban J connectivity index is 1.48. The number of piperazine rings is 1. The summed E-state index contributed by atoms with van der Waals surface area (Å²) in [5.41, 5.74) is 2.26. The molecule has 2 aromatic rings. The fraction of sp³-hybridized carbons (Fsp3) is 0.409. The van der Waals surface area contributed by atoms with E-state index >= 15 is 0 Å². The maximum atomic E-state index is 12.6. The third kappa shape index (κ3) is 4.94. The lowest BCUT2D eigenvalue weighted by Crippen LogP contribution is -2.48. The smallest absolute Gasteiger partial charge is 0.223 e. The Bertz CT molecular complexity index is 737. The van der Waals surface area contributed by atoms with E-state index in [0.29, 0.717) is 13.0 Å². The number of hydrogen-bond donors (Lipinski definition) is 0. The fourth-order valence-electron chi connectivity index (χ4n) is 3.42. The van der Waals surface area contributed by atoms with E-state index in [9.17, 15) is 4.79 Å². The SMILES string of the molecule is CCOc1ccc(CCC(=O)N2CCN(c3ccccc3OC)CC2)cc1. The minimum Gasteiger partial charge on any atom is -0.495 e. The topological polar surface area (TPSA) is 42.0 Å². The van der Waals surface area contributed by atoms with Crippen LogP contribution in [0.1, 0.15) is 18.9 Å². The molecule has 0 aliphatic carbocycles. The second-order valence-corrected chi connectivity index (χ2v) is 6.62. The molecule has 0 radical (unpaired) electrons. The second-order valence-electron chi connectivity index (χ2n) is 6.62. The molecule has 1 fully saturated rings. The highest BCUT2D eigenvalue weighted by Crippen LogP contribution is 2.28. The number of amides is 1. The highest BCUT2D eigenvalue weighted by molar-refractivity contribution is 5.77. The van der Waals surface area contributed by atoms with Crippen LogP contribution in [0.4, 0.5) is 5.69 Å². The summed E-state index contributed by atoms with van der Waals surface area (Å²) in [5.74, 6) is 1.98. The predicted octanol–water partition coefficient (Wildman–Crippen LogP) is 3.38. The molecule has 2 aromatic carbocycles. The van der Waals surface area contributed by atoms with Crippen molar-refractivity contribution in [1.82, 2.24) is 4.90 Å². The van der Waals surface area contributed by atoms with Crippen LogP contribution in [0.3, 0.4) is 0 Å². The van der Waals surface area contributed by atoms with Crippen LogP contribution in [0.5, 0.6) is 11.5 Å². The van der Waals surface area contributed by atoms with Crippen molar-refractivity contribution in [2.24, 2.45) is 0 Å². The molecule has 0 aromatic heterocycles. The quantitative estimate of drug-likeness (QED) is 0.751. The summed E-state index contributed by atoms with van der Waals surface area (Å²) in [4.78, 5) is 16.8. The van der Waals surface area contributed by atoms with Crippen LogP contribution in [-0.2, 0) is 11.2 Å². The van der Waals surface area contributed by atoms with Crippen molar-refractivity contribution in [3.8, 4) is 11.5 Å². The van der Waals surface area contributed by atoms with Crippen molar-refractivity contribution < 1.29 is 14.3 Å². The lowest BCUT2D eigenvalue weighted by Gasteiger charge is -2.36. The number of rotatable bonds is 7. The van der Waals surface area contributed by atoms with Crippen LogP contribution >= 0.6 is 0 Å². The molecule has 0 N–H and O–H groups in total. The van der Waals surface area contributed by atoms with Gasteiger partial charge in [-0.2, -0.15) is 0 Å². The highest BCUT2D eigenvalue weighted by Gasteiger charge is 2.22. The first-order valence-electron chi connectivity index (χ1n) is 9.58. The molecule has 144 valence electrons. The molecule has 1 saturated heterocycles. The fourth-order valence-corrected chi connectivity index (χ4v) is 3.42. The van der Waals surface area contributed by atoms with Gasteiger partial charge in [0.05, 0.1) is 19.4 Å². The van der Waals surface area contributed by atoms with E-state index in [1.807, 2.05) is 54.3 Å². The Morgan fingerprint density at radius 1 is 1.00 bits per heavy atom. The monoisotopic (exact) mass is 368 g/mol. The minimum absolute atomic E-state index is 0.226. The zero-order valence-electron chi connectivity index (χ0n) is 16.2. The Morgan fingerprint density at radius 3 is 2.37 bits per heavy atom.